The van der Waals surface area contributed by atoms with Crippen molar-refractivity contribution in [3.8, 4) is 16.9 Å². The number of aromatic amines is 1. The van der Waals surface area contributed by atoms with Crippen LogP contribution in [0.3, 0.4) is 0 Å². The Kier molecular flexibility index (Phi) is 8.83. The third-order valence-corrected chi connectivity index (χ3v) is 9.93. The van der Waals surface area contributed by atoms with Crippen LogP contribution in [-0.4, -0.2) is 93.0 Å². The minimum atomic E-state index is -0.492. The maximum absolute atomic E-state index is 16.7. The molecule has 264 valence electrons. The molecule has 0 bridgehead atoms. The van der Waals surface area contributed by atoms with Gasteiger partial charge < -0.3 is 24.4 Å². The van der Waals surface area contributed by atoms with Crippen molar-refractivity contribution < 1.29 is 23.1 Å². The van der Waals surface area contributed by atoms with Gasteiger partial charge in [-0.1, -0.05) is 35.6 Å². The fourth-order valence-corrected chi connectivity index (χ4v) is 7.22. The second kappa shape index (κ2) is 13.9. The molecule has 1 saturated heterocycles. The Morgan fingerprint density at radius 1 is 0.904 bits per heavy atom. The number of aromatic nitrogens is 5. The summed E-state index contributed by atoms with van der Waals surface area (Å²) >= 11 is 0. The van der Waals surface area contributed by atoms with E-state index in [-0.39, 0.29) is 41.8 Å². The standard InChI is InChI=1S/C39H36F2N8O3/c1-52-34-9-3-2-8-28(34)30-22-29(26-7-5-13-48(24-26)35(50)10-14-49-15-12-43-45-49)36(41)38-31(30)23-33(44-38)39(51)47-18-16-46(17-19-47)27-20-25-6-4-11-42-37(25)32(40)21-27/h2-4,6-9,11-12,15,20-23,44H,5,10,13-14,16-19,24H2,1H3. The van der Waals surface area contributed by atoms with Crippen LogP contribution < -0.4 is 9.64 Å². The summed E-state index contributed by atoms with van der Waals surface area (Å²) in [6.07, 6.45) is 7.65. The molecule has 0 saturated carbocycles. The van der Waals surface area contributed by atoms with E-state index in [0.717, 1.165) is 11.3 Å². The van der Waals surface area contributed by atoms with Gasteiger partial charge in [0.2, 0.25) is 5.91 Å². The SMILES string of the molecule is COc1ccccc1-c1cc(C2=CCCN(C(=O)CCn3ccnn3)C2)c(F)c2[nH]c(C(=O)N3CCN(c4cc(F)c5ncccc5c4)CC3)cc12. The van der Waals surface area contributed by atoms with Gasteiger partial charge in [0.1, 0.15) is 17.0 Å². The molecule has 13 heteroatoms. The van der Waals surface area contributed by atoms with Crippen molar-refractivity contribution in [1.82, 2.24) is 34.8 Å². The largest absolute Gasteiger partial charge is 0.496 e. The summed E-state index contributed by atoms with van der Waals surface area (Å²) in [4.78, 5) is 40.0. The number of carbonyl (C=O) groups excluding carboxylic acids is 2. The van der Waals surface area contributed by atoms with E-state index in [2.05, 4.69) is 25.2 Å². The number of hydrogen-bond acceptors (Lipinski definition) is 7. The number of anilines is 1. The van der Waals surface area contributed by atoms with E-state index >= 15 is 4.39 Å². The Hall–Kier alpha value is -6.11. The summed E-state index contributed by atoms with van der Waals surface area (Å²) in [5.41, 5.74) is 4.03. The summed E-state index contributed by atoms with van der Waals surface area (Å²) in [7, 11) is 1.59. The van der Waals surface area contributed by atoms with Crippen LogP contribution >= 0.6 is 0 Å². The highest BCUT2D eigenvalue weighted by molar-refractivity contribution is 6.05. The molecule has 2 aliphatic heterocycles. The lowest BCUT2D eigenvalue weighted by atomic mass is 9.93. The molecule has 52 heavy (non-hydrogen) atoms. The van der Waals surface area contributed by atoms with Crippen LogP contribution in [0.4, 0.5) is 14.5 Å². The van der Waals surface area contributed by atoms with Gasteiger partial charge in [0.25, 0.3) is 5.91 Å². The minimum absolute atomic E-state index is 0.0526. The van der Waals surface area contributed by atoms with Gasteiger partial charge >= 0.3 is 0 Å². The molecule has 2 amide bonds. The van der Waals surface area contributed by atoms with E-state index in [0.29, 0.717) is 84.4 Å². The topological polar surface area (TPSA) is 112 Å². The Bertz CT molecular complexity index is 2330. The lowest BCUT2D eigenvalue weighted by Gasteiger charge is -2.36. The Balaban J connectivity index is 1.08. The molecular formula is C39H36F2N8O3. The van der Waals surface area contributed by atoms with Crippen LogP contribution in [0.5, 0.6) is 5.75 Å². The maximum atomic E-state index is 16.7. The van der Waals surface area contributed by atoms with Crippen LogP contribution in [0.2, 0.25) is 0 Å². The second-order valence-electron chi connectivity index (χ2n) is 13.0. The van der Waals surface area contributed by atoms with Crippen molar-refractivity contribution in [3.63, 3.8) is 0 Å². The van der Waals surface area contributed by atoms with E-state index in [1.807, 2.05) is 42.5 Å². The minimum Gasteiger partial charge on any atom is -0.496 e. The number of rotatable bonds is 8. The number of ether oxygens (including phenoxy) is 1. The first-order chi connectivity index (χ1) is 25.4. The fourth-order valence-electron chi connectivity index (χ4n) is 7.22. The number of benzene rings is 3. The van der Waals surface area contributed by atoms with Crippen molar-refractivity contribution in [3.05, 3.63) is 108 Å². The lowest BCUT2D eigenvalue weighted by Crippen LogP contribution is -2.48. The van der Waals surface area contributed by atoms with E-state index in [9.17, 15) is 14.0 Å². The highest BCUT2D eigenvalue weighted by atomic mass is 19.1. The van der Waals surface area contributed by atoms with Gasteiger partial charge in [-0.15, -0.1) is 5.10 Å². The first-order valence-electron chi connectivity index (χ1n) is 17.3. The van der Waals surface area contributed by atoms with Gasteiger partial charge in [-0.3, -0.25) is 19.3 Å². The number of nitrogens with one attached hydrogen (secondary N) is 1. The first kappa shape index (κ1) is 33.1. The van der Waals surface area contributed by atoms with Crippen LogP contribution in [0.25, 0.3) is 38.5 Å². The van der Waals surface area contributed by atoms with Crippen molar-refractivity contribution in [1.29, 1.82) is 0 Å². The lowest BCUT2D eigenvalue weighted by molar-refractivity contribution is -0.131. The summed E-state index contributed by atoms with van der Waals surface area (Å²) in [5, 5.41) is 9.00. The van der Waals surface area contributed by atoms with Gasteiger partial charge in [-0.05, 0) is 54.0 Å². The predicted octanol–water partition coefficient (Wildman–Crippen LogP) is 5.93. The van der Waals surface area contributed by atoms with Crippen LogP contribution in [0.15, 0.2) is 85.3 Å². The Morgan fingerprint density at radius 3 is 2.56 bits per heavy atom. The van der Waals surface area contributed by atoms with E-state index in [4.69, 9.17) is 4.74 Å². The molecule has 1 N–H and O–H groups in total. The molecule has 0 radical (unpaired) electrons. The number of H-pyrrole nitrogens is 1. The van der Waals surface area contributed by atoms with Gasteiger partial charge in [0.15, 0.2) is 11.6 Å². The average Bonchev–Trinajstić information content (AvgIpc) is 3.89. The molecule has 2 aliphatic rings. The molecule has 3 aromatic heterocycles. The van der Waals surface area contributed by atoms with Crippen molar-refractivity contribution in [2.24, 2.45) is 0 Å². The molecule has 0 atom stereocenters. The van der Waals surface area contributed by atoms with Crippen molar-refractivity contribution in [2.45, 2.75) is 19.4 Å². The van der Waals surface area contributed by atoms with Gasteiger partial charge in [0, 0.05) is 85.7 Å². The highest BCUT2D eigenvalue weighted by Gasteiger charge is 2.28. The van der Waals surface area contributed by atoms with Gasteiger partial charge in [0.05, 0.1) is 25.4 Å². The molecule has 8 rings (SSSR count). The molecule has 0 aliphatic carbocycles. The molecule has 5 heterocycles. The van der Waals surface area contributed by atoms with E-state index < -0.39 is 5.82 Å². The van der Waals surface area contributed by atoms with E-state index in [1.54, 1.807) is 58.4 Å². The number of nitrogens with zero attached hydrogens (tertiary/aromatic N) is 7. The van der Waals surface area contributed by atoms with E-state index in [1.165, 1.54) is 6.07 Å². The smallest absolute Gasteiger partial charge is 0.270 e. The maximum Gasteiger partial charge on any atom is 0.270 e. The van der Waals surface area contributed by atoms with Crippen LogP contribution in [0.1, 0.15) is 28.9 Å². The molecule has 1 fully saturated rings. The van der Waals surface area contributed by atoms with Gasteiger partial charge in [-0.25, -0.2) is 8.78 Å². The number of amides is 2. The number of pyridine rings is 1. The van der Waals surface area contributed by atoms with Gasteiger partial charge in [-0.2, -0.15) is 0 Å². The number of fused-ring (bicyclic) bond motifs is 2. The first-order valence-corrected chi connectivity index (χ1v) is 17.3. The average molecular weight is 703 g/mol. The highest BCUT2D eigenvalue weighted by Crippen LogP contribution is 2.40. The second-order valence-corrected chi connectivity index (χ2v) is 13.0. The summed E-state index contributed by atoms with van der Waals surface area (Å²) in [6.45, 7) is 3.00. The quantitative estimate of drug-likeness (QED) is 0.209. The number of methoxy groups -OCH3 is 1. The molecule has 0 unspecified atom stereocenters. The summed E-state index contributed by atoms with van der Waals surface area (Å²) < 4.78 is 38.8. The Labute approximate surface area is 298 Å². The third-order valence-electron chi connectivity index (χ3n) is 9.93. The zero-order valence-electron chi connectivity index (χ0n) is 28.6. The zero-order chi connectivity index (χ0) is 35.8. The van der Waals surface area contributed by atoms with Crippen LogP contribution in [-0.2, 0) is 11.3 Å². The van der Waals surface area contributed by atoms with Crippen molar-refractivity contribution >= 4 is 44.9 Å². The number of hydrogen-bond donors (Lipinski definition) is 1. The molecule has 6 aromatic rings. The summed E-state index contributed by atoms with van der Waals surface area (Å²) in [5.74, 6) is -0.576. The van der Waals surface area contributed by atoms with Crippen molar-refractivity contribution in [2.75, 3.05) is 51.3 Å². The molecule has 11 nitrogen and oxygen atoms in total. The fraction of sp³-hybridized carbons (Fsp3) is 0.256. The van der Waals surface area contributed by atoms with Crippen LogP contribution in [0, 0.1) is 11.6 Å². The zero-order valence-corrected chi connectivity index (χ0v) is 28.6. The molecule has 0 spiro atoms. The number of halogens is 2. The number of piperazine rings is 1. The number of para-hydroxylation sites is 1. The monoisotopic (exact) mass is 702 g/mol. The number of aryl methyl sites for hydroxylation is 1. The normalized spacial score (nSPS) is 15.0. The number of carbonyl (C=O) groups is 2. The molecule has 3 aromatic carbocycles. The predicted molar refractivity (Wildman–Crippen MR) is 194 cm³/mol. The third kappa shape index (κ3) is 6.22. The molecular weight excluding hydrogens is 666 g/mol. The summed E-state index contributed by atoms with van der Waals surface area (Å²) in [6, 6.07) is 18.0. The Morgan fingerprint density at radius 2 is 1.75 bits per heavy atom.